The minimum atomic E-state index is -0.680. The standard InChI is InChI=1S/C11H14N2O4/c14-9-4-2-1-3-8(9)5-6-10(15)12-7-11(16)13-17/h1-4,14,17H,5-7H2,(H,12,15)(H,13,16). The van der Waals surface area contributed by atoms with E-state index in [9.17, 15) is 14.7 Å². The first-order valence-corrected chi connectivity index (χ1v) is 5.10. The van der Waals surface area contributed by atoms with Gasteiger partial charge in [-0.25, -0.2) is 5.48 Å². The van der Waals surface area contributed by atoms with Crippen molar-refractivity contribution in [3.05, 3.63) is 29.8 Å². The fourth-order valence-electron chi connectivity index (χ4n) is 1.28. The van der Waals surface area contributed by atoms with Crippen LogP contribution in [0.3, 0.4) is 0 Å². The van der Waals surface area contributed by atoms with Gasteiger partial charge in [0, 0.05) is 6.42 Å². The zero-order valence-electron chi connectivity index (χ0n) is 9.14. The van der Waals surface area contributed by atoms with E-state index in [0.717, 1.165) is 0 Å². The summed E-state index contributed by atoms with van der Waals surface area (Å²) in [6.45, 7) is -0.268. The van der Waals surface area contributed by atoms with Crippen molar-refractivity contribution in [2.24, 2.45) is 0 Å². The molecule has 4 N–H and O–H groups in total. The molecule has 1 rings (SSSR count). The summed E-state index contributed by atoms with van der Waals surface area (Å²) in [6.07, 6.45) is 0.551. The molecule has 0 spiro atoms. The molecule has 0 radical (unpaired) electrons. The van der Waals surface area contributed by atoms with Gasteiger partial charge < -0.3 is 10.4 Å². The molecule has 0 unspecified atom stereocenters. The van der Waals surface area contributed by atoms with Gasteiger partial charge in [-0.3, -0.25) is 14.8 Å². The summed E-state index contributed by atoms with van der Waals surface area (Å²) in [5, 5.41) is 20.0. The number of nitrogens with one attached hydrogen (secondary N) is 2. The highest BCUT2D eigenvalue weighted by Crippen LogP contribution is 2.16. The Morgan fingerprint density at radius 2 is 1.88 bits per heavy atom. The van der Waals surface area contributed by atoms with E-state index < -0.39 is 5.91 Å². The summed E-state index contributed by atoms with van der Waals surface area (Å²) < 4.78 is 0. The fourth-order valence-corrected chi connectivity index (χ4v) is 1.28. The number of aromatic hydroxyl groups is 1. The average molecular weight is 238 g/mol. The van der Waals surface area contributed by atoms with E-state index in [4.69, 9.17) is 5.21 Å². The fraction of sp³-hybridized carbons (Fsp3) is 0.273. The monoisotopic (exact) mass is 238 g/mol. The normalized spacial score (nSPS) is 9.71. The highest BCUT2D eigenvalue weighted by molar-refractivity contribution is 5.84. The predicted octanol–water partition coefficient (Wildman–Crippen LogP) is -0.0536. The number of benzene rings is 1. The number of hydrogen-bond acceptors (Lipinski definition) is 4. The summed E-state index contributed by atoms with van der Waals surface area (Å²) in [5.41, 5.74) is 2.08. The molecule has 17 heavy (non-hydrogen) atoms. The number of rotatable bonds is 5. The van der Waals surface area contributed by atoms with E-state index in [0.29, 0.717) is 12.0 Å². The Kier molecular flexibility index (Phi) is 4.96. The van der Waals surface area contributed by atoms with Crippen molar-refractivity contribution < 1.29 is 19.9 Å². The first-order chi connectivity index (χ1) is 8.13. The van der Waals surface area contributed by atoms with Gasteiger partial charge in [-0.05, 0) is 18.1 Å². The molecule has 0 saturated carbocycles. The second-order valence-corrected chi connectivity index (χ2v) is 3.44. The van der Waals surface area contributed by atoms with Gasteiger partial charge in [0.05, 0.1) is 6.54 Å². The highest BCUT2D eigenvalue weighted by Gasteiger charge is 2.06. The second kappa shape index (κ2) is 6.49. The molecule has 0 aliphatic carbocycles. The van der Waals surface area contributed by atoms with Crippen molar-refractivity contribution in [1.29, 1.82) is 0 Å². The van der Waals surface area contributed by atoms with Crippen LogP contribution in [0, 0.1) is 0 Å². The molecule has 0 aromatic heterocycles. The maximum Gasteiger partial charge on any atom is 0.262 e. The van der Waals surface area contributed by atoms with Crippen molar-refractivity contribution in [3.8, 4) is 5.75 Å². The van der Waals surface area contributed by atoms with E-state index in [1.165, 1.54) is 5.48 Å². The molecule has 0 fully saturated rings. The first kappa shape index (κ1) is 13.0. The van der Waals surface area contributed by atoms with Crippen LogP contribution in [0.4, 0.5) is 0 Å². The van der Waals surface area contributed by atoms with Gasteiger partial charge in [-0.15, -0.1) is 0 Å². The smallest absolute Gasteiger partial charge is 0.262 e. The van der Waals surface area contributed by atoms with Crippen LogP contribution in [-0.4, -0.2) is 28.7 Å². The molecule has 0 aliphatic heterocycles. The van der Waals surface area contributed by atoms with Crippen LogP contribution in [0.15, 0.2) is 24.3 Å². The molecule has 0 saturated heterocycles. The van der Waals surface area contributed by atoms with Crippen LogP contribution in [0.2, 0.25) is 0 Å². The Morgan fingerprint density at radius 1 is 1.18 bits per heavy atom. The summed E-state index contributed by atoms with van der Waals surface area (Å²) in [4.78, 5) is 21.9. The molecule has 2 amide bonds. The molecular formula is C11H14N2O4. The van der Waals surface area contributed by atoms with Crippen molar-refractivity contribution in [2.75, 3.05) is 6.54 Å². The average Bonchev–Trinajstić information content (AvgIpc) is 2.35. The van der Waals surface area contributed by atoms with Crippen LogP contribution in [0.25, 0.3) is 0 Å². The molecule has 0 aliphatic rings. The van der Waals surface area contributed by atoms with E-state index in [1.807, 2.05) is 0 Å². The summed E-state index contributed by atoms with van der Waals surface area (Å²) in [6, 6.07) is 6.74. The molecule has 92 valence electrons. The predicted molar refractivity (Wildman–Crippen MR) is 59.4 cm³/mol. The molecule has 0 atom stereocenters. The van der Waals surface area contributed by atoms with Gasteiger partial charge >= 0.3 is 0 Å². The third kappa shape index (κ3) is 4.52. The number of carbonyl (C=O) groups is 2. The lowest BCUT2D eigenvalue weighted by atomic mass is 10.1. The van der Waals surface area contributed by atoms with E-state index in [-0.39, 0.29) is 24.6 Å². The molecule has 0 heterocycles. The molecular weight excluding hydrogens is 224 g/mol. The maximum absolute atomic E-state index is 11.3. The zero-order chi connectivity index (χ0) is 12.7. The molecule has 1 aromatic carbocycles. The third-order valence-electron chi connectivity index (χ3n) is 2.18. The molecule has 1 aromatic rings. The van der Waals surface area contributed by atoms with Crippen LogP contribution in [0.1, 0.15) is 12.0 Å². The van der Waals surface area contributed by atoms with Gasteiger partial charge in [0.15, 0.2) is 0 Å². The number of phenolic OH excluding ortho intramolecular Hbond substituents is 1. The Balaban J connectivity index is 2.34. The largest absolute Gasteiger partial charge is 0.508 e. The Hall–Kier alpha value is -2.08. The third-order valence-corrected chi connectivity index (χ3v) is 2.18. The summed E-state index contributed by atoms with van der Waals surface area (Å²) >= 11 is 0. The van der Waals surface area contributed by atoms with Crippen LogP contribution < -0.4 is 10.8 Å². The van der Waals surface area contributed by atoms with Crippen LogP contribution in [0.5, 0.6) is 5.75 Å². The summed E-state index contributed by atoms with van der Waals surface area (Å²) in [5.74, 6) is -0.855. The van der Waals surface area contributed by atoms with E-state index in [1.54, 1.807) is 24.3 Å². The Labute approximate surface area is 98.2 Å². The van der Waals surface area contributed by atoms with Crippen molar-refractivity contribution in [2.45, 2.75) is 12.8 Å². The lowest BCUT2D eigenvalue weighted by Crippen LogP contribution is -2.35. The van der Waals surface area contributed by atoms with Crippen molar-refractivity contribution >= 4 is 11.8 Å². The van der Waals surface area contributed by atoms with Crippen LogP contribution >= 0.6 is 0 Å². The Bertz CT molecular complexity index is 406. The Morgan fingerprint density at radius 3 is 2.53 bits per heavy atom. The topological polar surface area (TPSA) is 98.7 Å². The van der Waals surface area contributed by atoms with Crippen molar-refractivity contribution in [3.63, 3.8) is 0 Å². The van der Waals surface area contributed by atoms with E-state index in [2.05, 4.69) is 5.32 Å². The molecule has 0 bridgehead atoms. The highest BCUT2D eigenvalue weighted by atomic mass is 16.5. The van der Waals surface area contributed by atoms with Gasteiger partial charge in [0.25, 0.3) is 5.91 Å². The van der Waals surface area contributed by atoms with Crippen LogP contribution in [-0.2, 0) is 16.0 Å². The minimum absolute atomic E-state index is 0.147. The number of hydrogen-bond donors (Lipinski definition) is 4. The number of phenols is 1. The van der Waals surface area contributed by atoms with Gasteiger partial charge in [0.2, 0.25) is 5.91 Å². The lowest BCUT2D eigenvalue weighted by molar-refractivity contribution is -0.131. The minimum Gasteiger partial charge on any atom is -0.508 e. The van der Waals surface area contributed by atoms with Gasteiger partial charge in [0.1, 0.15) is 5.75 Å². The number of hydroxylamine groups is 1. The van der Waals surface area contributed by atoms with Gasteiger partial charge in [-0.1, -0.05) is 18.2 Å². The second-order valence-electron chi connectivity index (χ2n) is 3.44. The first-order valence-electron chi connectivity index (χ1n) is 5.10. The van der Waals surface area contributed by atoms with Crippen molar-refractivity contribution in [1.82, 2.24) is 10.8 Å². The molecule has 6 nitrogen and oxygen atoms in total. The number of aryl methyl sites for hydroxylation is 1. The molecule has 6 heteroatoms. The number of amides is 2. The lowest BCUT2D eigenvalue weighted by Gasteiger charge is -2.05. The number of para-hydroxylation sites is 1. The zero-order valence-corrected chi connectivity index (χ0v) is 9.14. The SMILES string of the molecule is O=C(CNC(=O)CCc1ccccc1O)NO. The van der Waals surface area contributed by atoms with Gasteiger partial charge in [-0.2, -0.15) is 0 Å². The quantitative estimate of drug-likeness (QED) is 0.427. The maximum atomic E-state index is 11.3. The van der Waals surface area contributed by atoms with E-state index >= 15 is 0 Å². The summed E-state index contributed by atoms with van der Waals surface area (Å²) in [7, 11) is 0. The number of carbonyl (C=O) groups excluding carboxylic acids is 2.